The van der Waals surface area contributed by atoms with E-state index in [0.29, 0.717) is 21.4 Å². The Morgan fingerprint density at radius 3 is 2.76 bits per heavy atom. The number of hydrogen-bond acceptors (Lipinski definition) is 7. The number of rotatable bonds is 2. The van der Waals surface area contributed by atoms with Crippen molar-refractivity contribution in [2.24, 2.45) is 0 Å². The van der Waals surface area contributed by atoms with Gasteiger partial charge in [0.05, 0.1) is 5.69 Å². The summed E-state index contributed by atoms with van der Waals surface area (Å²) in [5.41, 5.74) is 1.23. The van der Waals surface area contributed by atoms with Gasteiger partial charge < -0.3 is 0 Å². The predicted molar refractivity (Wildman–Crippen MR) is 77.7 cm³/mol. The fourth-order valence-electron chi connectivity index (χ4n) is 1.94. The highest BCUT2D eigenvalue weighted by molar-refractivity contribution is 7.19. The number of hydrogen-bond donors (Lipinski definition) is 0. The Bertz CT molecular complexity index is 940. The van der Waals surface area contributed by atoms with E-state index in [2.05, 4.69) is 24.9 Å². The van der Waals surface area contributed by atoms with Crippen molar-refractivity contribution >= 4 is 27.8 Å². The number of benzene rings is 1. The van der Waals surface area contributed by atoms with Gasteiger partial charge in [0.2, 0.25) is 4.96 Å². The first-order chi connectivity index (χ1) is 10.2. The number of nitrogens with zero attached hydrogens (tertiary/aromatic N) is 6. The molecule has 0 N–H and O–H groups in total. The maximum Gasteiger partial charge on any atom is 0.235 e. The molecule has 0 saturated heterocycles. The van der Waals surface area contributed by atoms with Gasteiger partial charge in [0, 0.05) is 5.56 Å². The molecule has 4 rings (SSSR count). The topological polar surface area (TPSA) is 68.9 Å². The van der Waals surface area contributed by atoms with E-state index >= 15 is 0 Å². The average molecular weight is 318 g/mol. The number of fused-ring (bicyclic) bond motifs is 1. The number of halogens is 1. The van der Waals surface area contributed by atoms with Crippen molar-refractivity contribution in [2.75, 3.05) is 0 Å². The molecule has 0 atom stereocenters. The number of aryl methyl sites for hydroxylation is 1. The Labute approximate surface area is 126 Å². The highest BCUT2D eigenvalue weighted by Gasteiger charge is 2.19. The lowest BCUT2D eigenvalue weighted by atomic mass is 10.2. The summed E-state index contributed by atoms with van der Waals surface area (Å²) in [6, 6.07) is 6.53. The SMILES string of the molecule is Cc1nnsc1-c1nnc2sc(-c3ccccc3F)nn12. The first kappa shape index (κ1) is 12.5. The van der Waals surface area contributed by atoms with E-state index in [-0.39, 0.29) is 5.82 Å². The van der Waals surface area contributed by atoms with Crippen molar-refractivity contribution in [3.8, 4) is 21.3 Å². The molecule has 21 heavy (non-hydrogen) atoms. The van der Waals surface area contributed by atoms with E-state index in [1.165, 1.54) is 28.9 Å². The smallest absolute Gasteiger partial charge is 0.206 e. The summed E-state index contributed by atoms with van der Waals surface area (Å²) in [7, 11) is 0. The van der Waals surface area contributed by atoms with Gasteiger partial charge in [0.15, 0.2) is 10.8 Å². The van der Waals surface area contributed by atoms with Gasteiger partial charge in [-0.3, -0.25) is 0 Å². The third kappa shape index (κ3) is 1.93. The van der Waals surface area contributed by atoms with E-state index in [0.717, 1.165) is 10.6 Å². The van der Waals surface area contributed by atoms with Crippen molar-refractivity contribution in [3.05, 3.63) is 35.8 Å². The van der Waals surface area contributed by atoms with Crippen molar-refractivity contribution in [1.29, 1.82) is 0 Å². The first-order valence-electron chi connectivity index (χ1n) is 6.00. The second-order valence-corrected chi connectivity index (χ2v) is 6.00. The average Bonchev–Trinajstić information content (AvgIpc) is 3.14. The molecule has 1 aromatic carbocycles. The molecule has 0 bridgehead atoms. The normalized spacial score (nSPS) is 11.3. The van der Waals surface area contributed by atoms with E-state index < -0.39 is 0 Å². The molecule has 0 aliphatic heterocycles. The van der Waals surface area contributed by atoms with Crippen LogP contribution in [-0.4, -0.2) is 29.4 Å². The highest BCUT2D eigenvalue weighted by atomic mass is 32.1. The van der Waals surface area contributed by atoms with Crippen LogP contribution >= 0.6 is 22.9 Å². The van der Waals surface area contributed by atoms with Crippen molar-refractivity contribution in [3.63, 3.8) is 0 Å². The highest BCUT2D eigenvalue weighted by Crippen LogP contribution is 2.30. The molecule has 0 unspecified atom stereocenters. The van der Waals surface area contributed by atoms with Crippen LogP contribution in [0.2, 0.25) is 0 Å². The predicted octanol–water partition coefficient (Wildman–Crippen LogP) is 2.82. The molecule has 0 saturated carbocycles. The summed E-state index contributed by atoms with van der Waals surface area (Å²) < 4.78 is 19.3. The molecular formula is C12H7FN6S2. The summed E-state index contributed by atoms with van der Waals surface area (Å²) >= 11 is 2.53. The van der Waals surface area contributed by atoms with Gasteiger partial charge in [-0.1, -0.05) is 28.0 Å². The van der Waals surface area contributed by atoms with Gasteiger partial charge in [-0.05, 0) is 30.6 Å². The molecule has 0 spiro atoms. The molecule has 6 nitrogen and oxygen atoms in total. The van der Waals surface area contributed by atoms with Crippen LogP contribution in [0.25, 0.3) is 26.2 Å². The molecule has 0 aliphatic carbocycles. The van der Waals surface area contributed by atoms with E-state index in [4.69, 9.17) is 0 Å². The van der Waals surface area contributed by atoms with Crippen LogP contribution in [0.5, 0.6) is 0 Å². The van der Waals surface area contributed by atoms with Gasteiger partial charge in [-0.25, -0.2) is 4.39 Å². The lowest BCUT2D eigenvalue weighted by Gasteiger charge is -1.96. The lowest BCUT2D eigenvalue weighted by Crippen LogP contribution is -1.91. The maximum absolute atomic E-state index is 13.9. The van der Waals surface area contributed by atoms with Gasteiger partial charge >= 0.3 is 0 Å². The molecule has 0 aliphatic rings. The third-order valence-corrected chi connectivity index (χ3v) is 4.71. The van der Waals surface area contributed by atoms with E-state index in [1.54, 1.807) is 22.7 Å². The molecule has 4 aromatic rings. The van der Waals surface area contributed by atoms with Crippen LogP contribution in [0.4, 0.5) is 4.39 Å². The summed E-state index contributed by atoms with van der Waals surface area (Å²) in [4.78, 5) is 1.42. The minimum absolute atomic E-state index is 0.306. The Kier molecular flexibility index (Phi) is 2.76. The zero-order chi connectivity index (χ0) is 14.4. The van der Waals surface area contributed by atoms with Gasteiger partial charge in [-0.15, -0.1) is 15.3 Å². The molecular weight excluding hydrogens is 311 g/mol. The molecule has 0 amide bonds. The molecule has 3 heterocycles. The summed E-state index contributed by atoms with van der Waals surface area (Å²) in [6.07, 6.45) is 0. The summed E-state index contributed by atoms with van der Waals surface area (Å²) in [5.74, 6) is 0.274. The fourth-order valence-corrected chi connectivity index (χ4v) is 3.43. The minimum atomic E-state index is -0.306. The quantitative estimate of drug-likeness (QED) is 0.568. The lowest BCUT2D eigenvalue weighted by molar-refractivity contribution is 0.631. The van der Waals surface area contributed by atoms with Crippen LogP contribution in [0.3, 0.4) is 0 Å². The number of aromatic nitrogens is 6. The summed E-state index contributed by atoms with van der Waals surface area (Å²) in [6.45, 7) is 1.85. The Morgan fingerprint density at radius 2 is 2.00 bits per heavy atom. The molecule has 0 fully saturated rings. The van der Waals surface area contributed by atoms with Crippen LogP contribution in [0, 0.1) is 12.7 Å². The van der Waals surface area contributed by atoms with Gasteiger partial charge in [-0.2, -0.15) is 9.61 Å². The molecule has 9 heteroatoms. The Morgan fingerprint density at radius 1 is 1.14 bits per heavy atom. The third-order valence-electron chi connectivity index (χ3n) is 2.95. The summed E-state index contributed by atoms with van der Waals surface area (Å²) in [5, 5.41) is 17.2. The Balaban J connectivity index is 1.91. The van der Waals surface area contributed by atoms with E-state index in [9.17, 15) is 4.39 Å². The second-order valence-electron chi connectivity index (χ2n) is 4.29. The van der Waals surface area contributed by atoms with Crippen LogP contribution < -0.4 is 0 Å². The van der Waals surface area contributed by atoms with Crippen molar-refractivity contribution in [1.82, 2.24) is 29.4 Å². The van der Waals surface area contributed by atoms with Crippen molar-refractivity contribution < 1.29 is 4.39 Å². The minimum Gasteiger partial charge on any atom is -0.206 e. The van der Waals surface area contributed by atoms with Gasteiger partial charge in [0.25, 0.3) is 0 Å². The zero-order valence-corrected chi connectivity index (χ0v) is 12.3. The standard InChI is InChI=1S/C12H7FN6S2/c1-6-9(21-18-14-6)10-15-16-12-19(10)17-11(20-12)7-4-2-3-5-8(7)13/h2-5H,1H3. The first-order valence-corrected chi connectivity index (χ1v) is 7.59. The molecule has 0 radical (unpaired) electrons. The Hall–Kier alpha value is -2.26. The molecule has 104 valence electrons. The second kappa shape index (κ2) is 4.64. The van der Waals surface area contributed by atoms with Gasteiger partial charge in [0.1, 0.15) is 10.7 Å². The monoisotopic (exact) mass is 318 g/mol. The fraction of sp³-hybridized carbons (Fsp3) is 0.0833. The van der Waals surface area contributed by atoms with Crippen LogP contribution in [-0.2, 0) is 0 Å². The molecule has 3 aromatic heterocycles. The van der Waals surface area contributed by atoms with Crippen molar-refractivity contribution in [2.45, 2.75) is 6.92 Å². The van der Waals surface area contributed by atoms with Crippen LogP contribution in [0.1, 0.15) is 5.69 Å². The maximum atomic E-state index is 13.9. The largest absolute Gasteiger partial charge is 0.235 e. The van der Waals surface area contributed by atoms with E-state index in [1.807, 2.05) is 6.92 Å². The van der Waals surface area contributed by atoms with Crippen LogP contribution in [0.15, 0.2) is 24.3 Å². The zero-order valence-electron chi connectivity index (χ0n) is 10.7.